The molecule has 3 aromatic rings. The molecule has 0 bridgehead atoms. The number of aromatic nitrogens is 1. The average molecular weight is 422 g/mol. The zero-order valence-corrected chi connectivity index (χ0v) is 17.7. The Hall–Kier alpha value is -2.08. The summed E-state index contributed by atoms with van der Waals surface area (Å²) in [5.74, 6) is -0.0826. The molecule has 1 amide bonds. The molecule has 0 saturated heterocycles. The van der Waals surface area contributed by atoms with Crippen molar-refractivity contribution in [2.24, 2.45) is 12.0 Å². The van der Waals surface area contributed by atoms with Crippen molar-refractivity contribution in [2.75, 3.05) is 5.32 Å². The van der Waals surface area contributed by atoms with Gasteiger partial charge in [-0.3, -0.25) is 4.79 Å². The number of thiazole rings is 1. The fraction of sp³-hybridized carbons (Fsp3) is 0.200. The third-order valence-electron chi connectivity index (χ3n) is 4.15. The lowest BCUT2D eigenvalue weighted by atomic mass is 10.2. The van der Waals surface area contributed by atoms with Gasteiger partial charge >= 0.3 is 0 Å². The van der Waals surface area contributed by atoms with Gasteiger partial charge < -0.3 is 9.88 Å². The molecule has 0 aliphatic heterocycles. The van der Waals surface area contributed by atoms with Crippen molar-refractivity contribution < 1.29 is 4.79 Å². The van der Waals surface area contributed by atoms with Crippen molar-refractivity contribution >= 4 is 52.6 Å². The van der Waals surface area contributed by atoms with Crippen LogP contribution < -0.4 is 10.1 Å². The van der Waals surface area contributed by atoms with E-state index in [1.165, 1.54) is 11.3 Å². The fourth-order valence-electron chi connectivity index (χ4n) is 2.50. The molecule has 0 fully saturated rings. The smallest absolute Gasteiger partial charge is 0.230 e. The summed E-state index contributed by atoms with van der Waals surface area (Å²) in [6.07, 6.45) is 0.280. The number of rotatable bonds is 4. The largest absolute Gasteiger partial charge is 0.326 e. The molecular formula is C20H21Cl2N3OS. The molecule has 1 heterocycles. The Bertz CT molecular complexity index is 1020. The number of hydrogen-bond donors (Lipinski definition) is 1. The van der Waals surface area contributed by atoms with Crippen molar-refractivity contribution in [3.8, 4) is 0 Å². The van der Waals surface area contributed by atoms with Crippen LogP contribution in [0.15, 0.2) is 52.8 Å². The molecule has 1 aromatic heterocycles. The maximum atomic E-state index is 12.4. The van der Waals surface area contributed by atoms with Gasteiger partial charge in [0.15, 0.2) is 4.80 Å². The Kier molecular flexibility index (Phi) is 7.25. The quantitative estimate of drug-likeness (QED) is 0.618. The topological polar surface area (TPSA) is 46.4 Å². The zero-order valence-electron chi connectivity index (χ0n) is 15.3. The first-order valence-corrected chi connectivity index (χ1v) is 9.49. The SMILES string of the molecule is Cc1ccc(NC(=O)Cc2csc(=Nc3ccccc3C)n2C)cc1Cl.Cl. The number of halogens is 2. The molecule has 0 spiro atoms. The molecular weight excluding hydrogens is 401 g/mol. The molecule has 2 aromatic carbocycles. The van der Waals surface area contributed by atoms with E-state index in [0.717, 1.165) is 27.3 Å². The predicted octanol–water partition coefficient (Wildman–Crippen LogP) is 5.19. The first-order chi connectivity index (χ1) is 12.4. The van der Waals surface area contributed by atoms with Gasteiger partial charge in [-0.2, -0.15) is 0 Å². The lowest BCUT2D eigenvalue weighted by Gasteiger charge is -2.07. The summed E-state index contributed by atoms with van der Waals surface area (Å²) >= 11 is 7.64. The summed E-state index contributed by atoms with van der Waals surface area (Å²) in [6, 6.07) is 13.5. The van der Waals surface area contributed by atoms with E-state index in [1.807, 2.05) is 67.2 Å². The van der Waals surface area contributed by atoms with E-state index in [1.54, 1.807) is 6.07 Å². The van der Waals surface area contributed by atoms with E-state index < -0.39 is 0 Å². The number of hydrogen-bond acceptors (Lipinski definition) is 3. The number of benzene rings is 2. The second-order valence-corrected chi connectivity index (χ2v) is 7.40. The maximum Gasteiger partial charge on any atom is 0.230 e. The summed E-state index contributed by atoms with van der Waals surface area (Å²) in [5, 5.41) is 5.50. The van der Waals surface area contributed by atoms with Gasteiger partial charge in [0.25, 0.3) is 0 Å². The molecule has 4 nitrogen and oxygen atoms in total. The second-order valence-electron chi connectivity index (χ2n) is 6.16. The summed E-state index contributed by atoms with van der Waals surface area (Å²) in [7, 11) is 1.93. The average Bonchev–Trinajstić information content (AvgIpc) is 2.93. The van der Waals surface area contributed by atoms with Crippen LogP contribution in [0.4, 0.5) is 11.4 Å². The van der Waals surface area contributed by atoms with Gasteiger partial charge in [-0.15, -0.1) is 23.7 Å². The van der Waals surface area contributed by atoms with Crippen molar-refractivity contribution in [1.82, 2.24) is 4.57 Å². The van der Waals surface area contributed by atoms with Crippen LogP contribution in [0, 0.1) is 13.8 Å². The van der Waals surface area contributed by atoms with Gasteiger partial charge in [-0.1, -0.05) is 35.9 Å². The Morgan fingerprint density at radius 3 is 2.63 bits per heavy atom. The Balaban J connectivity index is 0.00000261. The molecule has 142 valence electrons. The zero-order chi connectivity index (χ0) is 18.7. The number of anilines is 1. The van der Waals surface area contributed by atoms with Crippen LogP contribution in [-0.4, -0.2) is 10.5 Å². The number of nitrogens with zero attached hydrogens (tertiary/aromatic N) is 2. The minimum atomic E-state index is -0.0826. The van der Waals surface area contributed by atoms with Gasteiger partial charge in [-0.25, -0.2) is 4.99 Å². The molecule has 7 heteroatoms. The third kappa shape index (κ3) is 5.22. The molecule has 0 aliphatic rings. The third-order valence-corrected chi connectivity index (χ3v) is 5.52. The normalized spacial score (nSPS) is 11.2. The number of amides is 1. The minimum Gasteiger partial charge on any atom is -0.326 e. The minimum absolute atomic E-state index is 0. The number of aryl methyl sites for hydroxylation is 2. The first-order valence-electron chi connectivity index (χ1n) is 8.24. The highest BCUT2D eigenvalue weighted by molar-refractivity contribution is 7.07. The summed E-state index contributed by atoms with van der Waals surface area (Å²) < 4.78 is 1.96. The second kappa shape index (κ2) is 9.22. The van der Waals surface area contributed by atoms with Crippen molar-refractivity contribution in [3.63, 3.8) is 0 Å². The summed E-state index contributed by atoms with van der Waals surface area (Å²) in [6.45, 7) is 3.96. The molecule has 27 heavy (non-hydrogen) atoms. The van der Waals surface area contributed by atoms with Gasteiger partial charge in [-0.05, 0) is 43.2 Å². The van der Waals surface area contributed by atoms with E-state index >= 15 is 0 Å². The van der Waals surface area contributed by atoms with Gasteiger partial charge in [0.05, 0.1) is 12.1 Å². The Labute approximate surface area is 174 Å². The number of carbonyl (C=O) groups is 1. The molecule has 3 rings (SSSR count). The fourth-order valence-corrected chi connectivity index (χ4v) is 3.59. The molecule has 1 N–H and O–H groups in total. The van der Waals surface area contributed by atoms with E-state index in [9.17, 15) is 4.79 Å². The van der Waals surface area contributed by atoms with Gasteiger partial charge in [0.2, 0.25) is 5.91 Å². The Morgan fingerprint density at radius 1 is 1.19 bits per heavy atom. The van der Waals surface area contributed by atoms with Crippen LogP contribution >= 0.6 is 35.3 Å². The molecule has 0 atom stereocenters. The number of nitrogens with one attached hydrogen (secondary N) is 1. The van der Waals surface area contributed by atoms with Crippen LogP contribution in [0.5, 0.6) is 0 Å². The van der Waals surface area contributed by atoms with Gasteiger partial charge in [0, 0.05) is 28.8 Å². The van der Waals surface area contributed by atoms with Crippen molar-refractivity contribution in [1.29, 1.82) is 0 Å². The standard InChI is InChI=1S/C20H20ClN3OS.ClH/c1-13-8-9-15(10-17(13)21)22-19(25)11-16-12-26-20(24(16)3)23-18-7-5-4-6-14(18)2;/h4-10,12H,11H2,1-3H3,(H,22,25);1H. The lowest BCUT2D eigenvalue weighted by molar-refractivity contribution is -0.115. The van der Waals surface area contributed by atoms with Crippen LogP contribution in [0.2, 0.25) is 5.02 Å². The van der Waals surface area contributed by atoms with Crippen molar-refractivity contribution in [3.05, 3.63) is 74.5 Å². The number of para-hydroxylation sites is 1. The molecule has 0 aliphatic carbocycles. The van der Waals surface area contributed by atoms with E-state index in [4.69, 9.17) is 16.6 Å². The highest BCUT2D eigenvalue weighted by Crippen LogP contribution is 2.20. The summed E-state index contributed by atoms with van der Waals surface area (Å²) in [5.41, 5.74) is 4.66. The van der Waals surface area contributed by atoms with E-state index in [2.05, 4.69) is 5.32 Å². The van der Waals surface area contributed by atoms with Crippen LogP contribution in [0.1, 0.15) is 16.8 Å². The maximum absolute atomic E-state index is 12.4. The van der Waals surface area contributed by atoms with E-state index in [0.29, 0.717) is 10.7 Å². The highest BCUT2D eigenvalue weighted by atomic mass is 35.5. The van der Waals surface area contributed by atoms with E-state index in [-0.39, 0.29) is 24.7 Å². The van der Waals surface area contributed by atoms with Crippen LogP contribution in [0.25, 0.3) is 0 Å². The van der Waals surface area contributed by atoms with Crippen LogP contribution in [-0.2, 0) is 18.3 Å². The molecule has 0 radical (unpaired) electrons. The lowest BCUT2D eigenvalue weighted by Crippen LogP contribution is -2.19. The van der Waals surface area contributed by atoms with Gasteiger partial charge in [0.1, 0.15) is 0 Å². The molecule has 0 saturated carbocycles. The highest BCUT2D eigenvalue weighted by Gasteiger charge is 2.09. The monoisotopic (exact) mass is 421 g/mol. The first kappa shape index (κ1) is 21.2. The summed E-state index contributed by atoms with van der Waals surface area (Å²) in [4.78, 5) is 17.9. The Morgan fingerprint density at radius 2 is 1.93 bits per heavy atom. The number of carbonyl (C=O) groups excluding carboxylic acids is 1. The predicted molar refractivity (Wildman–Crippen MR) is 115 cm³/mol. The van der Waals surface area contributed by atoms with Crippen molar-refractivity contribution in [2.45, 2.75) is 20.3 Å². The van der Waals surface area contributed by atoms with Crippen LogP contribution in [0.3, 0.4) is 0 Å². The molecule has 0 unspecified atom stereocenters.